The molecule has 1 unspecified atom stereocenters. The van der Waals surface area contributed by atoms with E-state index in [1.807, 2.05) is 19.9 Å². The zero-order valence-corrected chi connectivity index (χ0v) is 11.5. The van der Waals surface area contributed by atoms with Gasteiger partial charge in [-0.05, 0) is 25.0 Å². The number of aliphatic hydroxyl groups is 1. The highest BCUT2D eigenvalue weighted by molar-refractivity contribution is 5.93. The number of nitrogens with one attached hydrogen (secondary N) is 1. The fourth-order valence-electron chi connectivity index (χ4n) is 1.94. The SMILES string of the molecule is CCC(CO)NC(=O)c1cnc2c(C)cccn2c1=O. The molecule has 0 aliphatic heterocycles. The number of aryl methyl sites for hydroxylation is 1. The van der Waals surface area contributed by atoms with Crippen molar-refractivity contribution in [2.24, 2.45) is 0 Å². The number of aliphatic hydroxyl groups excluding tert-OH is 1. The maximum Gasteiger partial charge on any atom is 0.270 e. The molecule has 2 aromatic rings. The number of nitrogens with zero attached hydrogens (tertiary/aromatic N) is 2. The van der Waals surface area contributed by atoms with Gasteiger partial charge < -0.3 is 10.4 Å². The topological polar surface area (TPSA) is 83.7 Å². The molecule has 0 saturated carbocycles. The molecule has 0 aliphatic carbocycles. The Kier molecular flexibility index (Phi) is 4.14. The molecule has 0 saturated heterocycles. The van der Waals surface area contributed by atoms with Crippen LogP contribution in [0.4, 0.5) is 0 Å². The lowest BCUT2D eigenvalue weighted by atomic mass is 10.2. The number of hydrogen-bond donors (Lipinski definition) is 2. The molecule has 0 aliphatic rings. The molecular weight excluding hydrogens is 258 g/mol. The van der Waals surface area contributed by atoms with E-state index in [9.17, 15) is 9.59 Å². The van der Waals surface area contributed by atoms with Crippen molar-refractivity contribution in [2.75, 3.05) is 6.61 Å². The summed E-state index contributed by atoms with van der Waals surface area (Å²) >= 11 is 0. The predicted molar refractivity (Wildman–Crippen MR) is 74.8 cm³/mol. The van der Waals surface area contributed by atoms with Gasteiger partial charge in [-0.3, -0.25) is 14.0 Å². The lowest BCUT2D eigenvalue weighted by molar-refractivity contribution is 0.0913. The van der Waals surface area contributed by atoms with Gasteiger partial charge >= 0.3 is 0 Å². The number of pyridine rings is 1. The average molecular weight is 275 g/mol. The summed E-state index contributed by atoms with van der Waals surface area (Å²) < 4.78 is 1.35. The van der Waals surface area contributed by atoms with E-state index in [4.69, 9.17) is 5.11 Å². The number of amides is 1. The van der Waals surface area contributed by atoms with Gasteiger partial charge in [-0.2, -0.15) is 0 Å². The Labute approximate surface area is 116 Å². The van der Waals surface area contributed by atoms with Gasteiger partial charge in [0, 0.05) is 12.4 Å². The predicted octanol–water partition coefficient (Wildman–Crippen LogP) is 0.504. The van der Waals surface area contributed by atoms with Gasteiger partial charge in [0.05, 0.1) is 12.6 Å². The maximum atomic E-state index is 12.3. The van der Waals surface area contributed by atoms with Crippen molar-refractivity contribution < 1.29 is 9.90 Å². The van der Waals surface area contributed by atoms with E-state index in [1.54, 1.807) is 12.3 Å². The Morgan fingerprint density at radius 1 is 1.55 bits per heavy atom. The molecule has 1 amide bonds. The quantitative estimate of drug-likeness (QED) is 0.851. The normalized spacial score (nSPS) is 12.3. The minimum absolute atomic E-state index is 0.0278. The van der Waals surface area contributed by atoms with Crippen LogP contribution in [0.1, 0.15) is 29.3 Å². The van der Waals surface area contributed by atoms with Gasteiger partial charge in [0.2, 0.25) is 0 Å². The first-order chi connectivity index (χ1) is 9.58. The van der Waals surface area contributed by atoms with E-state index in [2.05, 4.69) is 10.3 Å². The van der Waals surface area contributed by atoms with Gasteiger partial charge in [0.1, 0.15) is 11.2 Å². The molecule has 106 valence electrons. The largest absolute Gasteiger partial charge is 0.394 e. The van der Waals surface area contributed by atoms with E-state index >= 15 is 0 Å². The summed E-state index contributed by atoms with van der Waals surface area (Å²) in [6.07, 6.45) is 3.45. The van der Waals surface area contributed by atoms with Crippen molar-refractivity contribution in [2.45, 2.75) is 26.3 Å². The van der Waals surface area contributed by atoms with E-state index in [-0.39, 0.29) is 18.2 Å². The number of aromatic nitrogens is 2. The second kappa shape index (κ2) is 5.83. The molecule has 6 nitrogen and oxygen atoms in total. The van der Waals surface area contributed by atoms with Gasteiger partial charge in [-0.1, -0.05) is 13.0 Å². The fourth-order valence-corrected chi connectivity index (χ4v) is 1.94. The average Bonchev–Trinajstić information content (AvgIpc) is 2.45. The van der Waals surface area contributed by atoms with E-state index < -0.39 is 11.5 Å². The van der Waals surface area contributed by atoms with Crippen LogP contribution in [0.2, 0.25) is 0 Å². The molecule has 0 aromatic carbocycles. The standard InChI is InChI=1S/C14H17N3O3/c1-3-10(8-18)16-13(19)11-7-15-12-9(2)5-4-6-17(12)14(11)20/h4-7,10,18H,3,8H2,1-2H3,(H,16,19). The van der Waals surface area contributed by atoms with E-state index in [1.165, 1.54) is 10.6 Å². The van der Waals surface area contributed by atoms with Crippen LogP contribution in [0, 0.1) is 6.92 Å². The first-order valence-corrected chi connectivity index (χ1v) is 6.47. The number of rotatable bonds is 4. The Hall–Kier alpha value is -2.21. The Morgan fingerprint density at radius 3 is 2.95 bits per heavy atom. The number of carbonyl (C=O) groups is 1. The summed E-state index contributed by atoms with van der Waals surface area (Å²) in [5.74, 6) is -0.515. The highest BCUT2D eigenvalue weighted by atomic mass is 16.3. The molecule has 1 atom stereocenters. The zero-order chi connectivity index (χ0) is 14.7. The van der Waals surface area contributed by atoms with Crippen LogP contribution in [0.15, 0.2) is 29.3 Å². The molecule has 0 spiro atoms. The Morgan fingerprint density at radius 2 is 2.30 bits per heavy atom. The van der Waals surface area contributed by atoms with Crippen molar-refractivity contribution in [1.82, 2.24) is 14.7 Å². The summed E-state index contributed by atoms with van der Waals surface area (Å²) in [7, 11) is 0. The summed E-state index contributed by atoms with van der Waals surface area (Å²) in [6.45, 7) is 3.53. The molecule has 2 heterocycles. The smallest absolute Gasteiger partial charge is 0.270 e. The van der Waals surface area contributed by atoms with Crippen LogP contribution in [-0.2, 0) is 0 Å². The zero-order valence-electron chi connectivity index (χ0n) is 11.5. The van der Waals surface area contributed by atoms with Crippen molar-refractivity contribution >= 4 is 11.6 Å². The molecular formula is C14H17N3O3. The molecule has 2 N–H and O–H groups in total. The fraction of sp³-hybridized carbons (Fsp3) is 0.357. The highest BCUT2D eigenvalue weighted by Gasteiger charge is 2.16. The molecule has 2 aromatic heterocycles. The molecule has 0 bridgehead atoms. The van der Waals surface area contributed by atoms with Crippen LogP contribution in [0.3, 0.4) is 0 Å². The van der Waals surface area contributed by atoms with Crippen molar-refractivity contribution in [3.8, 4) is 0 Å². The molecule has 0 radical (unpaired) electrons. The third-order valence-corrected chi connectivity index (χ3v) is 3.22. The highest BCUT2D eigenvalue weighted by Crippen LogP contribution is 2.05. The molecule has 0 fully saturated rings. The van der Waals surface area contributed by atoms with Crippen LogP contribution in [0.5, 0.6) is 0 Å². The van der Waals surface area contributed by atoms with Crippen LogP contribution < -0.4 is 10.9 Å². The summed E-state index contributed by atoms with van der Waals surface area (Å²) in [4.78, 5) is 28.5. The number of fused-ring (bicyclic) bond motifs is 1. The first-order valence-electron chi connectivity index (χ1n) is 6.47. The molecule has 2 rings (SSSR count). The number of hydrogen-bond acceptors (Lipinski definition) is 4. The second-order valence-corrected chi connectivity index (χ2v) is 4.62. The molecule has 6 heteroatoms. The van der Waals surface area contributed by atoms with Gasteiger partial charge in [0.25, 0.3) is 11.5 Å². The minimum atomic E-state index is -0.515. The third kappa shape index (κ3) is 2.55. The third-order valence-electron chi connectivity index (χ3n) is 3.22. The van der Waals surface area contributed by atoms with Gasteiger partial charge in [0.15, 0.2) is 0 Å². The van der Waals surface area contributed by atoms with Gasteiger partial charge in [-0.15, -0.1) is 0 Å². The Balaban J connectivity index is 2.44. The molecule has 20 heavy (non-hydrogen) atoms. The summed E-state index contributed by atoms with van der Waals surface area (Å²) in [6, 6.07) is 3.22. The van der Waals surface area contributed by atoms with Crippen LogP contribution in [-0.4, -0.2) is 33.0 Å². The Bertz CT molecular complexity index is 690. The number of carbonyl (C=O) groups excluding carboxylic acids is 1. The van der Waals surface area contributed by atoms with Gasteiger partial charge in [-0.25, -0.2) is 4.98 Å². The minimum Gasteiger partial charge on any atom is -0.394 e. The first kappa shape index (κ1) is 14.2. The summed E-state index contributed by atoms with van der Waals surface area (Å²) in [5.41, 5.74) is 0.950. The van der Waals surface area contributed by atoms with E-state index in [0.717, 1.165) is 5.56 Å². The van der Waals surface area contributed by atoms with Crippen molar-refractivity contribution in [3.05, 3.63) is 46.0 Å². The summed E-state index contributed by atoms with van der Waals surface area (Å²) in [5, 5.41) is 11.7. The van der Waals surface area contributed by atoms with E-state index in [0.29, 0.717) is 12.1 Å². The van der Waals surface area contributed by atoms with Crippen molar-refractivity contribution in [3.63, 3.8) is 0 Å². The van der Waals surface area contributed by atoms with Crippen molar-refractivity contribution in [1.29, 1.82) is 0 Å². The van der Waals surface area contributed by atoms with Crippen LogP contribution in [0.25, 0.3) is 5.65 Å². The lowest BCUT2D eigenvalue weighted by Gasteiger charge is -2.13. The second-order valence-electron chi connectivity index (χ2n) is 4.62. The monoisotopic (exact) mass is 275 g/mol. The lowest BCUT2D eigenvalue weighted by Crippen LogP contribution is -2.40. The maximum absolute atomic E-state index is 12.3. The van der Waals surface area contributed by atoms with Crippen LogP contribution >= 0.6 is 0 Å².